The predicted octanol–water partition coefficient (Wildman–Crippen LogP) is 15.7. The van der Waals surface area contributed by atoms with E-state index in [0.29, 0.717) is 0 Å². The van der Waals surface area contributed by atoms with Crippen molar-refractivity contribution in [3.05, 3.63) is 199 Å². The first-order valence-electron chi connectivity index (χ1n) is 20.0. The van der Waals surface area contributed by atoms with Crippen LogP contribution in [0.4, 0.5) is 17.1 Å². The molecule has 0 fully saturated rings. The number of hydrogen-bond acceptors (Lipinski definition) is 3. The molecular weight excluding hydrogens is 707 g/mol. The minimum atomic E-state index is -0.0994. The van der Waals surface area contributed by atoms with Gasteiger partial charge in [0.2, 0.25) is 0 Å². The molecule has 58 heavy (non-hydrogen) atoms. The number of hydrogen-bond donors (Lipinski definition) is 0. The molecule has 9 aromatic carbocycles. The molecule has 274 valence electrons. The van der Waals surface area contributed by atoms with Gasteiger partial charge < -0.3 is 13.7 Å². The van der Waals surface area contributed by atoms with Gasteiger partial charge in [-0.1, -0.05) is 141 Å². The van der Waals surface area contributed by atoms with E-state index in [9.17, 15) is 0 Å². The van der Waals surface area contributed by atoms with E-state index in [1.54, 1.807) is 0 Å². The summed E-state index contributed by atoms with van der Waals surface area (Å²) in [5.74, 6) is 0. The molecule has 0 amide bonds. The summed E-state index contributed by atoms with van der Waals surface area (Å²) < 4.78 is 13.0. The Kier molecular flexibility index (Phi) is 6.98. The molecule has 0 saturated heterocycles. The molecule has 0 aliphatic heterocycles. The molecule has 0 bridgehead atoms. The van der Waals surface area contributed by atoms with E-state index in [2.05, 4.69) is 195 Å². The van der Waals surface area contributed by atoms with Gasteiger partial charge in [-0.15, -0.1) is 0 Å². The van der Waals surface area contributed by atoms with Gasteiger partial charge in [-0.05, 0) is 104 Å². The highest BCUT2D eigenvalue weighted by Crippen LogP contribution is 2.52. The molecule has 0 N–H and O–H groups in total. The molecule has 1 aliphatic carbocycles. The Balaban J connectivity index is 0.980. The van der Waals surface area contributed by atoms with Crippen LogP contribution < -0.4 is 4.90 Å². The summed E-state index contributed by atoms with van der Waals surface area (Å²) in [4.78, 5) is 2.33. The Hall–Kier alpha value is -7.36. The zero-order chi connectivity index (χ0) is 38.5. The second-order valence-electron chi connectivity index (χ2n) is 16.1. The van der Waals surface area contributed by atoms with E-state index in [-0.39, 0.29) is 5.41 Å². The lowest BCUT2D eigenvalue weighted by molar-refractivity contribution is 0.662. The maximum Gasteiger partial charge on any atom is 0.143 e. The average molecular weight is 744 g/mol. The summed E-state index contributed by atoms with van der Waals surface area (Å²) >= 11 is 0. The monoisotopic (exact) mass is 743 g/mol. The van der Waals surface area contributed by atoms with Crippen LogP contribution in [0.5, 0.6) is 0 Å². The van der Waals surface area contributed by atoms with Gasteiger partial charge in [0.25, 0.3) is 0 Å². The fourth-order valence-corrected chi connectivity index (χ4v) is 9.76. The molecule has 11 aromatic rings. The lowest BCUT2D eigenvalue weighted by Gasteiger charge is -2.27. The van der Waals surface area contributed by atoms with Gasteiger partial charge in [0.05, 0.1) is 0 Å². The molecule has 2 aromatic heterocycles. The summed E-state index contributed by atoms with van der Waals surface area (Å²) in [6, 6.07) is 67.6. The highest BCUT2D eigenvalue weighted by atomic mass is 16.3. The molecule has 3 heteroatoms. The molecule has 1 aliphatic rings. The van der Waals surface area contributed by atoms with Gasteiger partial charge in [-0.25, -0.2) is 0 Å². The van der Waals surface area contributed by atoms with Crippen molar-refractivity contribution < 1.29 is 8.83 Å². The van der Waals surface area contributed by atoms with Crippen molar-refractivity contribution >= 4 is 71.7 Å². The van der Waals surface area contributed by atoms with E-state index < -0.39 is 0 Å². The van der Waals surface area contributed by atoms with Crippen LogP contribution in [0, 0.1) is 0 Å². The largest absolute Gasteiger partial charge is 0.456 e. The number of fused-ring (bicyclic) bond motifs is 11. The zero-order valence-electron chi connectivity index (χ0n) is 32.2. The average Bonchev–Trinajstić information content (AvgIpc) is 3.92. The van der Waals surface area contributed by atoms with E-state index in [4.69, 9.17) is 8.83 Å². The number of rotatable bonds is 5. The quantitative estimate of drug-likeness (QED) is 0.176. The molecule has 0 spiro atoms. The summed E-state index contributed by atoms with van der Waals surface area (Å²) in [6.07, 6.45) is 0. The molecule has 12 rings (SSSR count). The highest BCUT2D eigenvalue weighted by Gasteiger charge is 2.37. The molecule has 0 unspecified atom stereocenters. The highest BCUT2D eigenvalue weighted by molar-refractivity contribution is 6.19. The minimum Gasteiger partial charge on any atom is -0.456 e. The van der Waals surface area contributed by atoms with Crippen LogP contribution in [-0.2, 0) is 5.41 Å². The van der Waals surface area contributed by atoms with Crippen molar-refractivity contribution in [2.24, 2.45) is 0 Å². The minimum absolute atomic E-state index is 0.0994. The van der Waals surface area contributed by atoms with Gasteiger partial charge in [0.15, 0.2) is 0 Å². The molecular formula is C55H37NO2. The zero-order valence-corrected chi connectivity index (χ0v) is 32.2. The van der Waals surface area contributed by atoms with E-state index in [1.165, 1.54) is 38.8 Å². The summed E-state index contributed by atoms with van der Waals surface area (Å²) in [5.41, 5.74) is 16.8. The first-order chi connectivity index (χ1) is 28.5. The number of furan rings is 2. The second kappa shape index (κ2) is 12.3. The molecule has 0 radical (unpaired) electrons. The van der Waals surface area contributed by atoms with Crippen molar-refractivity contribution in [2.45, 2.75) is 19.3 Å². The Morgan fingerprint density at radius 1 is 0.397 bits per heavy atom. The standard InChI is InChI=1S/C55H37NO2/c1-55(2)48-18-7-5-13-43(48)46-17-9-16-41(53(46)55)36-23-28-38(29-24-36)56(39-30-32-45-44-14-6-8-19-49(44)57-51(45)33-39)37-26-21-35(22-27-37)40-15-10-20-50-52(40)47-31-25-34-11-3-4-12-42(34)54(47)58-50/h3-33H,1-2H3. The van der Waals surface area contributed by atoms with Crippen LogP contribution in [0.3, 0.4) is 0 Å². The molecule has 3 nitrogen and oxygen atoms in total. The van der Waals surface area contributed by atoms with Crippen molar-refractivity contribution in [1.82, 2.24) is 0 Å². The number of anilines is 3. The molecule has 0 atom stereocenters. The van der Waals surface area contributed by atoms with Crippen molar-refractivity contribution in [3.63, 3.8) is 0 Å². The summed E-state index contributed by atoms with van der Waals surface area (Å²) in [5, 5.41) is 6.81. The maximum absolute atomic E-state index is 6.54. The molecule has 0 saturated carbocycles. The lowest BCUT2D eigenvalue weighted by Crippen LogP contribution is -2.16. The Labute approximate surface area is 336 Å². The van der Waals surface area contributed by atoms with Crippen LogP contribution in [-0.4, -0.2) is 0 Å². The van der Waals surface area contributed by atoms with Crippen LogP contribution in [0.1, 0.15) is 25.0 Å². The topological polar surface area (TPSA) is 29.5 Å². The Morgan fingerprint density at radius 3 is 1.81 bits per heavy atom. The van der Waals surface area contributed by atoms with Gasteiger partial charge in [-0.2, -0.15) is 0 Å². The Bertz CT molecular complexity index is 3420. The lowest BCUT2D eigenvalue weighted by atomic mass is 9.79. The van der Waals surface area contributed by atoms with Gasteiger partial charge in [-0.3, -0.25) is 0 Å². The number of nitrogens with zero attached hydrogens (tertiary/aromatic N) is 1. The number of para-hydroxylation sites is 1. The van der Waals surface area contributed by atoms with Crippen molar-refractivity contribution in [3.8, 4) is 33.4 Å². The fourth-order valence-electron chi connectivity index (χ4n) is 9.76. The number of benzene rings is 9. The summed E-state index contributed by atoms with van der Waals surface area (Å²) in [6.45, 7) is 4.71. The fraction of sp³-hybridized carbons (Fsp3) is 0.0545. The smallest absolute Gasteiger partial charge is 0.143 e. The summed E-state index contributed by atoms with van der Waals surface area (Å²) in [7, 11) is 0. The predicted molar refractivity (Wildman–Crippen MR) is 242 cm³/mol. The SMILES string of the molecule is CC1(C)c2ccccc2-c2cccc(-c3ccc(N(c4ccc(-c5cccc6oc7c8ccccc8ccc7c56)cc4)c4ccc5c(c4)oc4ccccc45)cc3)c21. The van der Waals surface area contributed by atoms with Gasteiger partial charge in [0, 0.05) is 55.5 Å². The van der Waals surface area contributed by atoms with Crippen LogP contribution in [0.15, 0.2) is 197 Å². The van der Waals surface area contributed by atoms with E-state index in [0.717, 1.165) is 77.5 Å². The van der Waals surface area contributed by atoms with E-state index in [1.807, 2.05) is 12.1 Å². The molecule has 2 heterocycles. The van der Waals surface area contributed by atoms with Crippen LogP contribution in [0.2, 0.25) is 0 Å². The van der Waals surface area contributed by atoms with Gasteiger partial charge >= 0.3 is 0 Å². The third-order valence-corrected chi connectivity index (χ3v) is 12.5. The maximum atomic E-state index is 6.54. The van der Waals surface area contributed by atoms with Crippen LogP contribution in [0.25, 0.3) is 88.0 Å². The van der Waals surface area contributed by atoms with Crippen LogP contribution >= 0.6 is 0 Å². The van der Waals surface area contributed by atoms with Gasteiger partial charge in [0.1, 0.15) is 22.3 Å². The van der Waals surface area contributed by atoms with Crippen molar-refractivity contribution in [1.29, 1.82) is 0 Å². The Morgan fingerprint density at radius 2 is 0.983 bits per heavy atom. The second-order valence-corrected chi connectivity index (χ2v) is 16.1. The first-order valence-corrected chi connectivity index (χ1v) is 20.0. The first kappa shape index (κ1) is 32.8. The van der Waals surface area contributed by atoms with Crippen molar-refractivity contribution in [2.75, 3.05) is 4.90 Å². The third-order valence-electron chi connectivity index (χ3n) is 12.5. The van der Waals surface area contributed by atoms with E-state index >= 15 is 0 Å². The normalized spacial score (nSPS) is 13.1. The third kappa shape index (κ3) is 4.80.